The van der Waals surface area contributed by atoms with Gasteiger partial charge >= 0.3 is 6.03 Å². The summed E-state index contributed by atoms with van der Waals surface area (Å²) >= 11 is 0. The molecular weight excluding hydrogens is 366 g/mol. The fourth-order valence-corrected chi connectivity index (χ4v) is 3.56. The van der Waals surface area contributed by atoms with Crippen LogP contribution in [0.3, 0.4) is 0 Å². The van der Waals surface area contributed by atoms with Crippen LogP contribution in [-0.4, -0.2) is 51.7 Å². The van der Waals surface area contributed by atoms with E-state index in [1.165, 1.54) is 19.3 Å². The molecule has 7 heteroatoms. The molecule has 0 aliphatic carbocycles. The fraction of sp³-hybridized carbons (Fsp3) is 0.364. The Morgan fingerprint density at radius 1 is 1.03 bits per heavy atom. The summed E-state index contributed by atoms with van der Waals surface area (Å²) in [6, 6.07) is 16.3. The first-order chi connectivity index (χ1) is 14.1. The standard InChI is InChI=1S/C22H29N5O2/c1-3-26-13-15-27(16-14-26)19-11-9-18(10-12-19)24-20(17-7-5-4-6-8-17)21(28)25-22(29)23-2/h4-12,20,24H,3,13-16H2,1-2H3,(H2,23,25,28,29)/p+1/t20-/m1/s1. The number of urea groups is 1. The van der Waals surface area contributed by atoms with E-state index in [1.54, 1.807) is 4.90 Å². The van der Waals surface area contributed by atoms with Crippen molar-refractivity contribution >= 4 is 23.3 Å². The van der Waals surface area contributed by atoms with Crippen LogP contribution in [0.5, 0.6) is 0 Å². The van der Waals surface area contributed by atoms with Crippen LogP contribution < -0.4 is 25.8 Å². The Morgan fingerprint density at radius 3 is 2.28 bits per heavy atom. The molecule has 3 rings (SSSR count). The van der Waals surface area contributed by atoms with Crippen molar-refractivity contribution in [2.24, 2.45) is 0 Å². The summed E-state index contributed by atoms with van der Waals surface area (Å²) in [7, 11) is 1.48. The molecule has 1 atom stereocenters. The zero-order valence-corrected chi connectivity index (χ0v) is 17.1. The predicted molar refractivity (Wildman–Crippen MR) is 115 cm³/mol. The zero-order valence-electron chi connectivity index (χ0n) is 17.1. The first kappa shape index (κ1) is 20.7. The number of hydrogen-bond acceptors (Lipinski definition) is 4. The van der Waals surface area contributed by atoms with Crippen LogP contribution in [-0.2, 0) is 4.79 Å². The first-order valence-electron chi connectivity index (χ1n) is 10.1. The summed E-state index contributed by atoms with van der Waals surface area (Å²) in [5.74, 6) is -0.404. The van der Waals surface area contributed by atoms with Crippen LogP contribution in [0.1, 0.15) is 18.5 Å². The molecule has 0 radical (unpaired) electrons. The maximum Gasteiger partial charge on any atom is 0.321 e. The smallest absolute Gasteiger partial charge is 0.321 e. The molecule has 4 N–H and O–H groups in total. The largest absolute Gasteiger partial charge is 0.370 e. The average molecular weight is 397 g/mol. The van der Waals surface area contributed by atoms with Crippen molar-refractivity contribution in [1.82, 2.24) is 10.6 Å². The van der Waals surface area contributed by atoms with Gasteiger partial charge in [0.1, 0.15) is 6.04 Å². The lowest BCUT2D eigenvalue weighted by atomic mass is 10.1. The number of hydrogen-bond donors (Lipinski definition) is 4. The number of quaternary nitrogens is 1. The summed E-state index contributed by atoms with van der Waals surface area (Å²) in [6.07, 6.45) is 0. The Bertz CT molecular complexity index is 802. The Hall–Kier alpha value is -3.06. The quantitative estimate of drug-likeness (QED) is 0.588. The summed E-state index contributed by atoms with van der Waals surface area (Å²) in [6.45, 7) is 7.83. The SMILES string of the molecule is CC[NH+]1CCN(c2ccc(N[C@@H](C(=O)NC(=O)NC)c3ccccc3)cc2)CC1. The van der Waals surface area contributed by atoms with Gasteiger partial charge in [-0.25, -0.2) is 4.79 Å². The van der Waals surface area contributed by atoms with Gasteiger partial charge in [-0.3, -0.25) is 10.1 Å². The van der Waals surface area contributed by atoms with Gasteiger partial charge in [-0.1, -0.05) is 30.3 Å². The average Bonchev–Trinajstić information content (AvgIpc) is 2.78. The second-order valence-corrected chi connectivity index (χ2v) is 7.19. The monoisotopic (exact) mass is 396 g/mol. The van der Waals surface area contributed by atoms with E-state index in [4.69, 9.17) is 0 Å². The van der Waals surface area contributed by atoms with Crippen LogP contribution in [0.2, 0.25) is 0 Å². The highest BCUT2D eigenvalue weighted by molar-refractivity contribution is 5.98. The minimum Gasteiger partial charge on any atom is -0.370 e. The van der Waals surface area contributed by atoms with Gasteiger partial charge in [-0.2, -0.15) is 0 Å². The van der Waals surface area contributed by atoms with Gasteiger partial charge in [0.25, 0.3) is 5.91 Å². The van der Waals surface area contributed by atoms with Gasteiger partial charge in [0, 0.05) is 18.4 Å². The molecule has 0 spiro atoms. The summed E-state index contributed by atoms with van der Waals surface area (Å²) in [5.41, 5.74) is 2.81. The molecule has 1 aliphatic heterocycles. The molecule has 1 fully saturated rings. The number of carbonyl (C=O) groups excluding carboxylic acids is 2. The van der Waals surface area contributed by atoms with Crippen LogP contribution in [0.25, 0.3) is 0 Å². The van der Waals surface area contributed by atoms with E-state index >= 15 is 0 Å². The summed E-state index contributed by atoms with van der Waals surface area (Å²) in [5, 5.41) is 8.03. The van der Waals surface area contributed by atoms with Gasteiger partial charge in [-0.15, -0.1) is 0 Å². The lowest BCUT2D eigenvalue weighted by molar-refractivity contribution is -0.898. The van der Waals surface area contributed by atoms with Gasteiger partial charge in [0.2, 0.25) is 0 Å². The molecule has 154 valence electrons. The number of likely N-dealkylation sites (N-methyl/N-ethyl adjacent to an activating group) is 1. The second-order valence-electron chi connectivity index (χ2n) is 7.19. The van der Waals surface area contributed by atoms with Crippen LogP contribution in [0.15, 0.2) is 54.6 Å². The molecule has 7 nitrogen and oxygen atoms in total. The number of amides is 3. The minimum absolute atomic E-state index is 0.404. The summed E-state index contributed by atoms with van der Waals surface area (Å²) < 4.78 is 0. The number of rotatable bonds is 6. The van der Waals surface area contributed by atoms with E-state index in [9.17, 15) is 9.59 Å². The van der Waals surface area contributed by atoms with Crippen LogP contribution >= 0.6 is 0 Å². The second kappa shape index (κ2) is 9.93. The third kappa shape index (κ3) is 5.48. The van der Waals surface area contributed by atoms with E-state index < -0.39 is 18.0 Å². The van der Waals surface area contributed by atoms with Gasteiger partial charge in [0.05, 0.1) is 32.7 Å². The van der Waals surface area contributed by atoms with Crippen molar-refractivity contribution < 1.29 is 14.5 Å². The lowest BCUT2D eigenvalue weighted by Crippen LogP contribution is -3.14. The third-order valence-corrected chi connectivity index (χ3v) is 5.37. The van der Waals surface area contributed by atoms with E-state index in [2.05, 4.69) is 39.9 Å². The van der Waals surface area contributed by atoms with Gasteiger partial charge in [-0.05, 0) is 36.8 Å². The highest BCUT2D eigenvalue weighted by atomic mass is 16.2. The molecule has 1 aliphatic rings. The van der Waals surface area contributed by atoms with Gasteiger partial charge in [0.15, 0.2) is 0 Å². The number of benzene rings is 2. The zero-order chi connectivity index (χ0) is 20.6. The van der Waals surface area contributed by atoms with Crippen molar-refractivity contribution in [2.75, 3.05) is 50.0 Å². The number of imide groups is 1. The third-order valence-electron chi connectivity index (χ3n) is 5.37. The highest BCUT2D eigenvalue weighted by Crippen LogP contribution is 2.23. The Balaban J connectivity index is 1.70. The van der Waals surface area contributed by atoms with Crippen molar-refractivity contribution in [3.05, 3.63) is 60.2 Å². The van der Waals surface area contributed by atoms with Crippen molar-refractivity contribution in [2.45, 2.75) is 13.0 Å². The molecule has 3 amide bonds. The molecule has 29 heavy (non-hydrogen) atoms. The molecule has 2 aromatic rings. The topological polar surface area (TPSA) is 77.9 Å². The van der Waals surface area contributed by atoms with Crippen LogP contribution in [0.4, 0.5) is 16.2 Å². The van der Waals surface area contributed by atoms with Crippen molar-refractivity contribution in [3.8, 4) is 0 Å². The maximum atomic E-state index is 12.6. The Labute approximate surface area is 172 Å². The summed E-state index contributed by atoms with van der Waals surface area (Å²) in [4.78, 5) is 28.3. The highest BCUT2D eigenvalue weighted by Gasteiger charge is 2.23. The lowest BCUT2D eigenvalue weighted by Gasteiger charge is -2.33. The Kier molecular flexibility index (Phi) is 7.08. The molecular formula is C22H30N5O2+. The number of nitrogens with zero attached hydrogens (tertiary/aromatic N) is 1. The van der Waals surface area contributed by atoms with E-state index in [1.807, 2.05) is 42.5 Å². The predicted octanol–water partition coefficient (Wildman–Crippen LogP) is 1.02. The van der Waals surface area contributed by atoms with Crippen molar-refractivity contribution in [1.29, 1.82) is 0 Å². The van der Waals surface area contributed by atoms with E-state index in [0.29, 0.717) is 0 Å². The van der Waals surface area contributed by atoms with Crippen molar-refractivity contribution in [3.63, 3.8) is 0 Å². The Morgan fingerprint density at radius 2 is 1.69 bits per heavy atom. The van der Waals surface area contributed by atoms with E-state index in [-0.39, 0.29) is 0 Å². The molecule has 0 saturated carbocycles. The molecule has 1 saturated heterocycles. The van der Waals surface area contributed by atoms with Gasteiger partial charge < -0.3 is 20.4 Å². The van der Waals surface area contributed by atoms with E-state index in [0.717, 1.165) is 37.4 Å². The number of carbonyl (C=O) groups is 2. The molecule has 0 unspecified atom stereocenters. The normalized spacial score (nSPS) is 15.4. The maximum absolute atomic E-state index is 12.6. The number of nitrogens with one attached hydrogen (secondary N) is 4. The minimum atomic E-state index is -0.670. The molecule has 2 aromatic carbocycles. The first-order valence-corrected chi connectivity index (χ1v) is 10.1. The van der Waals surface area contributed by atoms with Crippen LogP contribution in [0, 0.1) is 0 Å². The number of anilines is 2. The molecule has 1 heterocycles. The fourth-order valence-electron chi connectivity index (χ4n) is 3.56. The molecule has 0 bridgehead atoms. The molecule has 0 aromatic heterocycles. The number of piperazine rings is 1.